The average molecular weight is 215 g/mol. The lowest BCUT2D eigenvalue weighted by Crippen LogP contribution is -1.96. The Morgan fingerprint density at radius 2 is 1.91 bits per heavy atom. The van der Waals surface area contributed by atoms with Crippen LogP contribution in [0.5, 0.6) is 0 Å². The van der Waals surface area contributed by atoms with Gasteiger partial charge in [-0.25, -0.2) is 4.79 Å². The maximum atomic E-state index is 10.9. The van der Waals surface area contributed by atoms with E-state index in [9.17, 15) is 4.79 Å². The number of benzene rings is 1. The SMILES string of the molecule is Cc1ccc(C(=O)OBr)cc1. The standard InChI is InChI=1S/C8H7BrO2/c1-6-2-4-7(5-3-6)8(10)11-9/h2-5H,1H3. The van der Waals surface area contributed by atoms with Crippen molar-refractivity contribution in [1.29, 1.82) is 0 Å². The largest absolute Gasteiger partial charge is 0.380 e. The Balaban J connectivity index is 2.90. The fourth-order valence-corrected chi connectivity index (χ4v) is 0.921. The topological polar surface area (TPSA) is 26.3 Å². The second-order valence-corrected chi connectivity index (χ2v) is 2.55. The molecule has 0 aliphatic carbocycles. The highest BCUT2D eigenvalue weighted by Gasteiger charge is 2.03. The first-order valence-corrected chi connectivity index (χ1v) is 3.78. The maximum absolute atomic E-state index is 10.9. The smallest absolute Gasteiger partial charge is 0.349 e. The second-order valence-electron chi connectivity index (χ2n) is 2.23. The molecule has 0 saturated carbocycles. The Hall–Kier alpha value is -0.830. The molecule has 0 aliphatic heterocycles. The molecule has 1 aromatic rings. The molecule has 0 radical (unpaired) electrons. The van der Waals surface area contributed by atoms with E-state index >= 15 is 0 Å². The number of hydrogen-bond acceptors (Lipinski definition) is 2. The Bertz CT molecular complexity index is 253. The lowest BCUT2D eigenvalue weighted by atomic mass is 10.2. The summed E-state index contributed by atoms with van der Waals surface area (Å²) in [5.74, 6) is -0.370. The van der Waals surface area contributed by atoms with Gasteiger partial charge in [0.1, 0.15) is 0 Å². The number of hydrogen-bond donors (Lipinski definition) is 0. The molecule has 2 nitrogen and oxygen atoms in total. The van der Waals surface area contributed by atoms with Crippen LogP contribution in [0.3, 0.4) is 0 Å². The maximum Gasteiger partial charge on any atom is 0.349 e. The van der Waals surface area contributed by atoms with Gasteiger partial charge in [-0.15, -0.1) is 0 Å². The molecular formula is C8H7BrO2. The third-order valence-corrected chi connectivity index (χ3v) is 1.65. The molecule has 1 aromatic carbocycles. The first-order valence-electron chi connectivity index (χ1n) is 3.13. The molecule has 0 fully saturated rings. The van der Waals surface area contributed by atoms with Gasteiger partial charge in [0.15, 0.2) is 16.3 Å². The van der Waals surface area contributed by atoms with Gasteiger partial charge in [0.2, 0.25) is 0 Å². The van der Waals surface area contributed by atoms with E-state index < -0.39 is 0 Å². The molecule has 0 saturated heterocycles. The predicted octanol–water partition coefficient (Wildman–Crippen LogP) is 2.46. The first kappa shape index (κ1) is 8.27. The summed E-state index contributed by atoms with van der Waals surface area (Å²) < 4.78 is 4.35. The van der Waals surface area contributed by atoms with E-state index in [1.807, 2.05) is 19.1 Å². The Labute approximate surface area is 73.6 Å². The second kappa shape index (κ2) is 3.53. The third kappa shape index (κ3) is 2.05. The van der Waals surface area contributed by atoms with Crippen LogP contribution in [-0.2, 0) is 3.83 Å². The van der Waals surface area contributed by atoms with Crippen molar-refractivity contribution >= 4 is 22.2 Å². The molecule has 1 rings (SSSR count). The van der Waals surface area contributed by atoms with Crippen molar-refractivity contribution in [2.75, 3.05) is 0 Å². The zero-order chi connectivity index (χ0) is 8.27. The summed E-state index contributed by atoms with van der Waals surface area (Å²) in [6.07, 6.45) is 0. The van der Waals surface area contributed by atoms with Gasteiger partial charge < -0.3 is 3.83 Å². The summed E-state index contributed by atoms with van der Waals surface area (Å²) in [7, 11) is 0. The molecule has 0 bridgehead atoms. The lowest BCUT2D eigenvalue weighted by molar-refractivity contribution is 0.0782. The monoisotopic (exact) mass is 214 g/mol. The van der Waals surface area contributed by atoms with Crippen LogP contribution in [0, 0.1) is 6.92 Å². The number of rotatable bonds is 1. The minimum absolute atomic E-state index is 0.370. The molecule has 0 unspecified atom stereocenters. The van der Waals surface area contributed by atoms with Crippen LogP contribution in [0.4, 0.5) is 0 Å². The van der Waals surface area contributed by atoms with Crippen LogP contribution in [0.1, 0.15) is 15.9 Å². The van der Waals surface area contributed by atoms with Crippen LogP contribution in [-0.4, -0.2) is 5.97 Å². The van der Waals surface area contributed by atoms with Gasteiger partial charge in [0.05, 0.1) is 5.56 Å². The van der Waals surface area contributed by atoms with Crippen molar-refractivity contribution in [3.05, 3.63) is 35.4 Å². The Kier molecular flexibility index (Phi) is 2.65. The van der Waals surface area contributed by atoms with E-state index in [1.54, 1.807) is 12.1 Å². The van der Waals surface area contributed by atoms with Crippen LogP contribution in [0.25, 0.3) is 0 Å². The molecule has 0 amide bonds. The van der Waals surface area contributed by atoms with Crippen LogP contribution >= 0.6 is 16.3 Å². The van der Waals surface area contributed by atoms with Crippen LogP contribution < -0.4 is 0 Å². The van der Waals surface area contributed by atoms with Gasteiger partial charge in [0.25, 0.3) is 0 Å². The number of halogens is 1. The predicted molar refractivity (Wildman–Crippen MR) is 45.5 cm³/mol. The van der Waals surface area contributed by atoms with Gasteiger partial charge in [-0.3, -0.25) is 0 Å². The molecule has 0 spiro atoms. The fraction of sp³-hybridized carbons (Fsp3) is 0.125. The molecule has 0 aromatic heterocycles. The number of carbonyl (C=O) groups is 1. The van der Waals surface area contributed by atoms with E-state index in [4.69, 9.17) is 0 Å². The molecular weight excluding hydrogens is 208 g/mol. The van der Waals surface area contributed by atoms with Gasteiger partial charge in [-0.1, -0.05) is 17.7 Å². The highest BCUT2D eigenvalue weighted by Crippen LogP contribution is 2.05. The molecule has 0 N–H and O–H groups in total. The molecule has 58 valence electrons. The van der Waals surface area contributed by atoms with E-state index in [0.717, 1.165) is 5.56 Å². The van der Waals surface area contributed by atoms with Gasteiger partial charge in [-0.05, 0) is 19.1 Å². The van der Waals surface area contributed by atoms with Crippen molar-refractivity contribution in [3.8, 4) is 0 Å². The molecule has 0 atom stereocenters. The van der Waals surface area contributed by atoms with E-state index in [2.05, 4.69) is 20.1 Å². The molecule has 0 aliphatic rings. The summed E-state index contributed by atoms with van der Waals surface area (Å²) in [4.78, 5) is 10.9. The summed E-state index contributed by atoms with van der Waals surface area (Å²) in [5, 5.41) is 0. The van der Waals surface area contributed by atoms with E-state index in [0.29, 0.717) is 5.56 Å². The molecule has 11 heavy (non-hydrogen) atoms. The fourth-order valence-electron chi connectivity index (χ4n) is 0.734. The molecule has 3 heteroatoms. The third-order valence-electron chi connectivity index (χ3n) is 1.36. The normalized spacial score (nSPS) is 9.27. The Morgan fingerprint density at radius 1 is 1.36 bits per heavy atom. The van der Waals surface area contributed by atoms with Crippen molar-refractivity contribution < 1.29 is 8.62 Å². The van der Waals surface area contributed by atoms with E-state index in [-0.39, 0.29) is 5.97 Å². The van der Waals surface area contributed by atoms with Crippen LogP contribution in [0.2, 0.25) is 0 Å². The summed E-state index contributed by atoms with van der Waals surface area (Å²) in [5.41, 5.74) is 1.67. The van der Waals surface area contributed by atoms with E-state index in [1.165, 1.54) is 0 Å². The Morgan fingerprint density at radius 3 is 2.36 bits per heavy atom. The summed E-state index contributed by atoms with van der Waals surface area (Å²) in [6, 6.07) is 7.16. The lowest BCUT2D eigenvalue weighted by Gasteiger charge is -1.95. The number of carbonyl (C=O) groups excluding carboxylic acids is 1. The molecule has 0 heterocycles. The average Bonchev–Trinajstić information content (AvgIpc) is 2.05. The quantitative estimate of drug-likeness (QED) is 0.719. The number of aryl methyl sites for hydroxylation is 1. The highest BCUT2D eigenvalue weighted by atomic mass is 79.9. The minimum Gasteiger partial charge on any atom is -0.380 e. The van der Waals surface area contributed by atoms with Crippen molar-refractivity contribution in [2.45, 2.75) is 6.92 Å². The van der Waals surface area contributed by atoms with Gasteiger partial charge in [-0.2, -0.15) is 0 Å². The zero-order valence-corrected chi connectivity index (χ0v) is 7.59. The first-order chi connectivity index (χ1) is 5.24. The summed E-state index contributed by atoms with van der Waals surface area (Å²) in [6.45, 7) is 1.96. The summed E-state index contributed by atoms with van der Waals surface area (Å²) >= 11 is 2.62. The van der Waals surface area contributed by atoms with Gasteiger partial charge in [0, 0.05) is 0 Å². The minimum atomic E-state index is -0.370. The van der Waals surface area contributed by atoms with Crippen LogP contribution in [0.15, 0.2) is 24.3 Å². The van der Waals surface area contributed by atoms with Crippen molar-refractivity contribution in [1.82, 2.24) is 0 Å². The zero-order valence-electron chi connectivity index (χ0n) is 6.00. The van der Waals surface area contributed by atoms with Crippen molar-refractivity contribution in [2.24, 2.45) is 0 Å². The van der Waals surface area contributed by atoms with Crippen molar-refractivity contribution in [3.63, 3.8) is 0 Å². The highest BCUT2D eigenvalue weighted by molar-refractivity contribution is 9.06. The van der Waals surface area contributed by atoms with Gasteiger partial charge >= 0.3 is 5.97 Å².